The molecule has 0 spiro atoms. The molecular formula is C20H32O. The van der Waals surface area contributed by atoms with Crippen LogP contribution in [0.1, 0.15) is 84.0 Å². The van der Waals surface area contributed by atoms with E-state index in [2.05, 4.69) is 6.92 Å². The molecule has 5 saturated carbocycles. The molecule has 2 unspecified atom stereocenters. The van der Waals surface area contributed by atoms with Crippen molar-refractivity contribution in [2.45, 2.75) is 84.0 Å². The van der Waals surface area contributed by atoms with Gasteiger partial charge in [-0.3, -0.25) is 4.79 Å². The van der Waals surface area contributed by atoms with E-state index < -0.39 is 0 Å². The first-order valence-corrected chi connectivity index (χ1v) is 9.68. The highest BCUT2D eigenvalue weighted by Gasteiger charge is 2.51. The first kappa shape index (κ1) is 14.3. The number of carbonyl (C=O) groups is 1. The van der Waals surface area contributed by atoms with Gasteiger partial charge < -0.3 is 0 Å². The van der Waals surface area contributed by atoms with Crippen LogP contribution >= 0.6 is 0 Å². The van der Waals surface area contributed by atoms with Crippen LogP contribution in [0.2, 0.25) is 0 Å². The Bertz CT molecular complexity index is 375. The Balaban J connectivity index is 1.42. The van der Waals surface area contributed by atoms with Gasteiger partial charge in [0.1, 0.15) is 5.78 Å². The largest absolute Gasteiger partial charge is 0.299 e. The highest BCUT2D eigenvalue weighted by Crippen LogP contribution is 2.61. The molecule has 21 heavy (non-hydrogen) atoms. The lowest BCUT2D eigenvalue weighted by molar-refractivity contribution is -0.132. The fourth-order valence-electron chi connectivity index (χ4n) is 6.97. The van der Waals surface area contributed by atoms with Crippen LogP contribution in [0.3, 0.4) is 0 Å². The predicted octanol–water partition coefficient (Wildman–Crippen LogP) is 5.38. The normalized spacial score (nSPS) is 48.5. The number of ketones is 1. The minimum atomic E-state index is 0.428. The molecule has 1 nitrogen and oxygen atoms in total. The average Bonchev–Trinajstić information content (AvgIpc) is 2.45. The maximum atomic E-state index is 12.9. The summed E-state index contributed by atoms with van der Waals surface area (Å²) in [7, 11) is 0. The zero-order valence-electron chi connectivity index (χ0n) is 13.8. The van der Waals surface area contributed by atoms with E-state index in [4.69, 9.17) is 0 Å². The van der Waals surface area contributed by atoms with Gasteiger partial charge in [-0.05, 0) is 80.5 Å². The van der Waals surface area contributed by atoms with Crippen molar-refractivity contribution in [3.8, 4) is 0 Å². The van der Waals surface area contributed by atoms with Gasteiger partial charge in [0.15, 0.2) is 0 Å². The lowest BCUT2D eigenvalue weighted by atomic mass is 9.48. The van der Waals surface area contributed by atoms with Gasteiger partial charge in [-0.2, -0.15) is 0 Å². The van der Waals surface area contributed by atoms with Crippen molar-refractivity contribution in [3.05, 3.63) is 0 Å². The second kappa shape index (κ2) is 5.39. The molecule has 0 aromatic carbocycles. The molecule has 2 atom stereocenters. The van der Waals surface area contributed by atoms with Gasteiger partial charge >= 0.3 is 0 Å². The molecule has 0 aromatic rings. The van der Waals surface area contributed by atoms with Crippen LogP contribution in [0.25, 0.3) is 0 Å². The first-order valence-electron chi connectivity index (χ1n) is 9.68. The van der Waals surface area contributed by atoms with E-state index in [9.17, 15) is 4.79 Å². The zero-order chi connectivity index (χ0) is 14.4. The van der Waals surface area contributed by atoms with Gasteiger partial charge in [-0.25, -0.2) is 0 Å². The van der Waals surface area contributed by atoms with Gasteiger partial charge in [0.05, 0.1) is 0 Å². The van der Waals surface area contributed by atoms with Crippen LogP contribution in [0.4, 0.5) is 0 Å². The summed E-state index contributed by atoms with van der Waals surface area (Å²) < 4.78 is 0. The average molecular weight is 288 g/mol. The van der Waals surface area contributed by atoms with Crippen LogP contribution < -0.4 is 0 Å². The quantitative estimate of drug-likeness (QED) is 0.679. The number of rotatable bonds is 4. The Morgan fingerprint density at radius 2 is 1.57 bits per heavy atom. The van der Waals surface area contributed by atoms with E-state index in [-0.39, 0.29) is 0 Å². The monoisotopic (exact) mass is 288 g/mol. The van der Waals surface area contributed by atoms with E-state index >= 15 is 0 Å². The number of hydrogen-bond acceptors (Lipinski definition) is 1. The smallest absolute Gasteiger partial charge is 0.136 e. The van der Waals surface area contributed by atoms with Gasteiger partial charge in [0, 0.05) is 12.3 Å². The number of carbonyl (C=O) groups excluding carboxylic acids is 1. The topological polar surface area (TPSA) is 17.1 Å². The Kier molecular flexibility index (Phi) is 3.66. The molecule has 5 aliphatic carbocycles. The molecule has 5 fully saturated rings. The first-order chi connectivity index (χ1) is 10.2. The summed E-state index contributed by atoms with van der Waals surface area (Å²) in [6.45, 7) is 2.30. The maximum Gasteiger partial charge on any atom is 0.136 e. The number of Topliss-reactive ketones (excluding diaryl/α,β-unsaturated/α-hetero) is 1. The molecule has 0 heterocycles. The predicted molar refractivity (Wildman–Crippen MR) is 86.0 cm³/mol. The fourth-order valence-corrected chi connectivity index (χ4v) is 6.97. The van der Waals surface area contributed by atoms with E-state index in [0.29, 0.717) is 17.1 Å². The molecular weight excluding hydrogens is 256 g/mol. The summed E-state index contributed by atoms with van der Waals surface area (Å²) in [5.74, 6) is 4.88. The maximum absolute atomic E-state index is 12.9. The highest BCUT2D eigenvalue weighted by molar-refractivity contribution is 5.81. The van der Waals surface area contributed by atoms with Crippen LogP contribution in [0.15, 0.2) is 0 Å². The van der Waals surface area contributed by atoms with Crippen LogP contribution in [0, 0.1) is 35.0 Å². The molecule has 0 aliphatic heterocycles. The van der Waals surface area contributed by atoms with E-state index in [0.717, 1.165) is 30.1 Å². The van der Waals surface area contributed by atoms with E-state index in [1.54, 1.807) is 0 Å². The molecule has 0 N–H and O–H groups in total. The Labute approximate surface area is 130 Å². The molecule has 118 valence electrons. The molecule has 0 saturated heterocycles. The van der Waals surface area contributed by atoms with Crippen molar-refractivity contribution in [1.82, 2.24) is 0 Å². The number of hydrogen-bond donors (Lipinski definition) is 0. The van der Waals surface area contributed by atoms with E-state index in [1.165, 1.54) is 70.6 Å². The minimum Gasteiger partial charge on any atom is -0.299 e. The molecule has 0 aromatic heterocycles. The third kappa shape index (κ3) is 2.70. The third-order valence-corrected chi connectivity index (χ3v) is 7.53. The van der Waals surface area contributed by atoms with Crippen molar-refractivity contribution in [2.24, 2.45) is 35.0 Å². The Hall–Kier alpha value is -0.330. The van der Waals surface area contributed by atoms with Crippen molar-refractivity contribution < 1.29 is 4.79 Å². The molecule has 1 heteroatoms. The van der Waals surface area contributed by atoms with Crippen molar-refractivity contribution in [2.75, 3.05) is 0 Å². The van der Waals surface area contributed by atoms with Crippen LogP contribution in [0.5, 0.6) is 0 Å². The summed E-state index contributed by atoms with van der Waals surface area (Å²) in [6.07, 6.45) is 16.0. The molecule has 0 radical (unpaired) electrons. The van der Waals surface area contributed by atoms with Crippen molar-refractivity contribution in [1.29, 1.82) is 0 Å². The highest BCUT2D eigenvalue weighted by atomic mass is 16.1. The second-order valence-corrected chi connectivity index (χ2v) is 9.20. The lowest BCUT2D eigenvalue weighted by Gasteiger charge is -2.57. The van der Waals surface area contributed by atoms with E-state index in [1.807, 2.05) is 0 Å². The van der Waals surface area contributed by atoms with Gasteiger partial charge in [-0.1, -0.05) is 26.2 Å². The van der Waals surface area contributed by atoms with Crippen LogP contribution in [-0.2, 0) is 4.79 Å². The summed E-state index contributed by atoms with van der Waals surface area (Å²) in [5, 5.41) is 0. The Morgan fingerprint density at radius 3 is 2.14 bits per heavy atom. The van der Waals surface area contributed by atoms with Crippen LogP contribution in [-0.4, -0.2) is 5.78 Å². The SMILES string of the molecule is CCC1CCCC(C(=O)CC23CC4CC(CC(C4)C2)C3)C1. The van der Waals surface area contributed by atoms with Gasteiger partial charge in [0.25, 0.3) is 0 Å². The van der Waals surface area contributed by atoms with Gasteiger partial charge in [-0.15, -0.1) is 0 Å². The Morgan fingerprint density at radius 1 is 0.952 bits per heavy atom. The second-order valence-electron chi connectivity index (χ2n) is 9.20. The summed E-state index contributed by atoms with van der Waals surface area (Å²) >= 11 is 0. The molecule has 0 amide bonds. The molecule has 5 aliphatic rings. The lowest BCUT2D eigenvalue weighted by Crippen LogP contribution is -2.47. The third-order valence-electron chi connectivity index (χ3n) is 7.53. The minimum absolute atomic E-state index is 0.428. The van der Waals surface area contributed by atoms with Crippen molar-refractivity contribution in [3.63, 3.8) is 0 Å². The molecule has 4 bridgehead atoms. The van der Waals surface area contributed by atoms with Gasteiger partial charge in [0.2, 0.25) is 0 Å². The zero-order valence-corrected chi connectivity index (χ0v) is 13.8. The standard InChI is InChI=1S/C20H32O/c1-2-14-4-3-5-18(9-14)19(21)13-20-10-15-6-16(11-20)8-17(7-15)12-20/h14-18H,2-13H2,1H3. The molecule has 5 rings (SSSR count). The summed E-state index contributed by atoms with van der Waals surface area (Å²) in [4.78, 5) is 12.9. The van der Waals surface area contributed by atoms with Crippen molar-refractivity contribution >= 4 is 5.78 Å². The fraction of sp³-hybridized carbons (Fsp3) is 0.950. The summed E-state index contributed by atoms with van der Waals surface area (Å²) in [5.41, 5.74) is 0.463. The summed E-state index contributed by atoms with van der Waals surface area (Å²) in [6, 6.07) is 0.